The summed E-state index contributed by atoms with van der Waals surface area (Å²) in [6.45, 7) is 3.49. The van der Waals surface area contributed by atoms with E-state index in [0.717, 1.165) is 36.4 Å². The smallest absolute Gasteiger partial charge is 0.128 e. The molecule has 0 amide bonds. The number of hydrogen-bond acceptors (Lipinski definition) is 3. The van der Waals surface area contributed by atoms with Crippen molar-refractivity contribution < 1.29 is 0 Å². The van der Waals surface area contributed by atoms with E-state index in [1.54, 1.807) is 0 Å². The fourth-order valence-corrected chi connectivity index (χ4v) is 4.54. The van der Waals surface area contributed by atoms with Crippen molar-refractivity contribution in [3.63, 3.8) is 0 Å². The molecule has 1 aromatic carbocycles. The molecule has 0 spiro atoms. The van der Waals surface area contributed by atoms with Gasteiger partial charge >= 0.3 is 0 Å². The molecule has 2 aliphatic rings. The summed E-state index contributed by atoms with van der Waals surface area (Å²) < 4.78 is 0. The Kier molecular flexibility index (Phi) is 5.23. The van der Waals surface area contributed by atoms with Gasteiger partial charge in [-0.2, -0.15) is 0 Å². The van der Waals surface area contributed by atoms with Crippen LogP contribution in [-0.2, 0) is 6.42 Å². The van der Waals surface area contributed by atoms with E-state index in [9.17, 15) is 0 Å². The third-order valence-electron chi connectivity index (χ3n) is 5.71. The standard InChI is InChI=1S/C21H26ClN3/c22-18-8-6-17(7-9-18)16-20-4-3-13-25(20)19-10-14-24(15-11-19)21-5-1-2-12-23-21/h1-2,5-9,12,19-20H,3-4,10-11,13-16H2/t20-/m1/s1. The average molecular weight is 356 g/mol. The fourth-order valence-electron chi connectivity index (χ4n) is 4.42. The zero-order valence-electron chi connectivity index (χ0n) is 14.6. The molecule has 25 heavy (non-hydrogen) atoms. The normalized spacial score (nSPS) is 22.4. The molecule has 0 N–H and O–H groups in total. The predicted molar refractivity (Wildman–Crippen MR) is 104 cm³/mol. The Labute approximate surface area is 155 Å². The van der Waals surface area contributed by atoms with Crippen LogP contribution in [0.5, 0.6) is 0 Å². The van der Waals surface area contributed by atoms with Gasteiger partial charge in [-0.25, -0.2) is 4.98 Å². The van der Waals surface area contributed by atoms with Gasteiger partial charge in [0.1, 0.15) is 5.82 Å². The number of hydrogen-bond donors (Lipinski definition) is 0. The average Bonchev–Trinajstić information content (AvgIpc) is 3.13. The third kappa shape index (κ3) is 3.99. The lowest BCUT2D eigenvalue weighted by molar-refractivity contribution is 0.153. The van der Waals surface area contributed by atoms with Gasteiger partial charge in [-0.1, -0.05) is 29.8 Å². The Hall–Kier alpha value is -1.58. The number of nitrogens with zero attached hydrogens (tertiary/aromatic N) is 3. The van der Waals surface area contributed by atoms with E-state index in [1.807, 2.05) is 24.4 Å². The Bertz CT molecular complexity index is 665. The van der Waals surface area contributed by atoms with Gasteiger partial charge in [0.15, 0.2) is 0 Å². The van der Waals surface area contributed by atoms with Crippen molar-refractivity contribution in [2.45, 2.75) is 44.2 Å². The highest BCUT2D eigenvalue weighted by atomic mass is 35.5. The van der Waals surface area contributed by atoms with E-state index in [1.165, 1.54) is 37.8 Å². The minimum Gasteiger partial charge on any atom is -0.357 e. The minimum atomic E-state index is 0.688. The predicted octanol–water partition coefficient (Wildman–Crippen LogP) is 4.41. The van der Waals surface area contributed by atoms with Crippen molar-refractivity contribution in [3.8, 4) is 0 Å². The summed E-state index contributed by atoms with van der Waals surface area (Å²) in [7, 11) is 0. The maximum atomic E-state index is 6.02. The highest BCUT2D eigenvalue weighted by molar-refractivity contribution is 6.30. The van der Waals surface area contributed by atoms with E-state index < -0.39 is 0 Å². The first-order chi connectivity index (χ1) is 12.3. The molecule has 1 aromatic heterocycles. The number of benzene rings is 1. The lowest BCUT2D eigenvalue weighted by Crippen LogP contribution is -2.47. The largest absolute Gasteiger partial charge is 0.357 e. The number of anilines is 1. The zero-order valence-corrected chi connectivity index (χ0v) is 15.4. The molecule has 0 aliphatic carbocycles. The molecular formula is C21H26ClN3. The van der Waals surface area contributed by atoms with E-state index in [0.29, 0.717) is 6.04 Å². The van der Waals surface area contributed by atoms with Gasteiger partial charge < -0.3 is 4.90 Å². The van der Waals surface area contributed by atoms with Gasteiger partial charge in [-0.3, -0.25) is 4.90 Å². The van der Waals surface area contributed by atoms with Gasteiger partial charge in [-0.05, 0) is 68.5 Å². The number of halogens is 1. The van der Waals surface area contributed by atoms with Crippen LogP contribution in [0.3, 0.4) is 0 Å². The quantitative estimate of drug-likeness (QED) is 0.809. The Morgan fingerprint density at radius 2 is 1.76 bits per heavy atom. The highest BCUT2D eigenvalue weighted by Crippen LogP contribution is 2.29. The minimum absolute atomic E-state index is 0.688. The third-order valence-corrected chi connectivity index (χ3v) is 5.97. The second kappa shape index (κ2) is 7.76. The summed E-state index contributed by atoms with van der Waals surface area (Å²) in [5, 5.41) is 0.828. The van der Waals surface area contributed by atoms with E-state index >= 15 is 0 Å². The number of pyridine rings is 1. The summed E-state index contributed by atoms with van der Waals surface area (Å²) in [4.78, 5) is 9.72. The number of aromatic nitrogens is 1. The van der Waals surface area contributed by atoms with Crippen molar-refractivity contribution in [1.29, 1.82) is 0 Å². The van der Waals surface area contributed by atoms with Gasteiger partial charge in [0, 0.05) is 36.4 Å². The fraction of sp³-hybridized carbons (Fsp3) is 0.476. The second-order valence-corrected chi connectivity index (χ2v) is 7.71. The highest BCUT2D eigenvalue weighted by Gasteiger charge is 2.32. The van der Waals surface area contributed by atoms with E-state index in [2.05, 4.69) is 39.0 Å². The lowest BCUT2D eigenvalue weighted by atomic mass is 9.99. The molecule has 3 nitrogen and oxygen atoms in total. The summed E-state index contributed by atoms with van der Waals surface area (Å²) in [5.74, 6) is 1.13. The molecule has 0 saturated carbocycles. The van der Waals surface area contributed by atoms with Gasteiger partial charge in [0.25, 0.3) is 0 Å². The van der Waals surface area contributed by atoms with Crippen LogP contribution < -0.4 is 4.90 Å². The Morgan fingerprint density at radius 1 is 0.960 bits per heavy atom. The Balaban J connectivity index is 1.36. The van der Waals surface area contributed by atoms with Crippen molar-refractivity contribution in [2.24, 2.45) is 0 Å². The number of likely N-dealkylation sites (tertiary alicyclic amines) is 1. The van der Waals surface area contributed by atoms with Gasteiger partial charge in [0.05, 0.1) is 0 Å². The molecule has 4 rings (SSSR count). The molecule has 4 heteroatoms. The molecule has 2 aromatic rings. The summed E-state index contributed by atoms with van der Waals surface area (Å²) in [5.41, 5.74) is 1.41. The topological polar surface area (TPSA) is 19.4 Å². The van der Waals surface area contributed by atoms with Crippen LogP contribution in [0.15, 0.2) is 48.7 Å². The van der Waals surface area contributed by atoms with Crippen LogP contribution in [0, 0.1) is 0 Å². The van der Waals surface area contributed by atoms with Crippen molar-refractivity contribution in [2.75, 3.05) is 24.5 Å². The molecule has 2 aliphatic heterocycles. The molecule has 1 atom stereocenters. The maximum absolute atomic E-state index is 6.02. The number of piperidine rings is 1. The van der Waals surface area contributed by atoms with Crippen LogP contribution in [0.4, 0.5) is 5.82 Å². The van der Waals surface area contributed by atoms with E-state index in [-0.39, 0.29) is 0 Å². The number of rotatable bonds is 4. The van der Waals surface area contributed by atoms with Crippen molar-refractivity contribution in [1.82, 2.24) is 9.88 Å². The van der Waals surface area contributed by atoms with Crippen LogP contribution in [0.1, 0.15) is 31.2 Å². The molecule has 132 valence electrons. The summed E-state index contributed by atoms with van der Waals surface area (Å²) in [6, 6.07) is 16.0. The molecule has 0 radical (unpaired) electrons. The zero-order chi connectivity index (χ0) is 17.1. The monoisotopic (exact) mass is 355 g/mol. The van der Waals surface area contributed by atoms with Crippen LogP contribution in [0.25, 0.3) is 0 Å². The molecular weight excluding hydrogens is 330 g/mol. The summed E-state index contributed by atoms with van der Waals surface area (Å²) in [6.07, 6.45) is 8.19. The van der Waals surface area contributed by atoms with E-state index in [4.69, 9.17) is 11.6 Å². The van der Waals surface area contributed by atoms with Crippen LogP contribution in [0.2, 0.25) is 5.02 Å². The molecule has 2 fully saturated rings. The maximum Gasteiger partial charge on any atom is 0.128 e. The van der Waals surface area contributed by atoms with Crippen LogP contribution >= 0.6 is 11.6 Å². The van der Waals surface area contributed by atoms with Crippen LogP contribution in [-0.4, -0.2) is 41.6 Å². The molecule has 3 heterocycles. The SMILES string of the molecule is Clc1ccc(C[C@H]2CCCN2C2CCN(c3ccccn3)CC2)cc1. The van der Waals surface area contributed by atoms with Gasteiger partial charge in [-0.15, -0.1) is 0 Å². The first-order valence-electron chi connectivity index (χ1n) is 9.46. The molecule has 2 saturated heterocycles. The first kappa shape index (κ1) is 16.9. The summed E-state index contributed by atoms with van der Waals surface area (Å²) >= 11 is 6.02. The lowest BCUT2D eigenvalue weighted by Gasteiger charge is -2.40. The second-order valence-electron chi connectivity index (χ2n) is 7.27. The first-order valence-corrected chi connectivity index (χ1v) is 9.83. The van der Waals surface area contributed by atoms with Gasteiger partial charge in [0.2, 0.25) is 0 Å². The Morgan fingerprint density at radius 3 is 2.48 bits per heavy atom. The molecule has 0 bridgehead atoms. The van der Waals surface area contributed by atoms with Crippen molar-refractivity contribution in [3.05, 3.63) is 59.2 Å². The van der Waals surface area contributed by atoms with Crippen molar-refractivity contribution >= 4 is 17.4 Å². The molecule has 0 unspecified atom stereocenters.